The number of methoxy groups -OCH3 is 1. The lowest BCUT2D eigenvalue weighted by atomic mass is 9.53. The molecule has 0 spiro atoms. The summed E-state index contributed by atoms with van der Waals surface area (Å²) in [4.78, 5) is 18.1. The van der Waals surface area contributed by atoms with Gasteiger partial charge in [-0.3, -0.25) is 0 Å². The zero-order valence-electron chi connectivity index (χ0n) is 15.8. The van der Waals surface area contributed by atoms with Crippen molar-refractivity contribution in [3.8, 4) is 0 Å². The summed E-state index contributed by atoms with van der Waals surface area (Å²) in [7, 11) is 1.70. The maximum Gasteiger partial charge on any atom is 0.344 e. The van der Waals surface area contributed by atoms with Crippen molar-refractivity contribution in [3.63, 3.8) is 0 Å². The normalized spacial score (nSPS) is 32.3. The number of benzene rings is 1. The molecule has 0 saturated heterocycles. The topological polar surface area (TPSA) is 55.6 Å². The van der Waals surface area contributed by atoms with Crippen LogP contribution in [0, 0.1) is 17.8 Å². The minimum Gasteiger partial charge on any atom is -0.383 e. The number of para-hydroxylation sites is 1. The molecule has 2 aromatic rings. The van der Waals surface area contributed by atoms with Crippen LogP contribution in [0.1, 0.15) is 38.5 Å². The Kier molecular flexibility index (Phi) is 4.36. The Labute approximate surface area is 163 Å². The number of nitrogens with one attached hydrogen (secondary N) is 1. The molecule has 6 rings (SSSR count). The molecule has 0 atom stereocenters. The first-order valence-electron chi connectivity index (χ1n) is 10.1. The van der Waals surface area contributed by atoms with Crippen LogP contribution in [0.5, 0.6) is 0 Å². The van der Waals surface area contributed by atoms with Crippen molar-refractivity contribution in [1.82, 2.24) is 9.88 Å². The zero-order chi connectivity index (χ0) is 18.4. The van der Waals surface area contributed by atoms with Gasteiger partial charge in [-0.1, -0.05) is 23.5 Å². The Morgan fingerprint density at radius 1 is 1.22 bits per heavy atom. The molecule has 1 aromatic carbocycles. The summed E-state index contributed by atoms with van der Waals surface area (Å²) in [6.07, 6.45) is 7.57. The van der Waals surface area contributed by atoms with Crippen LogP contribution in [0.3, 0.4) is 0 Å². The second kappa shape index (κ2) is 6.74. The predicted molar refractivity (Wildman–Crippen MR) is 107 cm³/mol. The molecule has 6 heteroatoms. The molecule has 0 radical (unpaired) electrons. The van der Waals surface area contributed by atoms with Crippen LogP contribution >= 0.6 is 11.3 Å². The molecule has 2 amide bonds. The molecule has 0 unspecified atom stereocenters. The SMILES string of the molecule is COCCn1c(=NC(=O)NC23CC4CC(CC(C4)C2)C3)sc2ccccc21. The summed E-state index contributed by atoms with van der Waals surface area (Å²) in [5, 5.41) is 3.36. The Balaban J connectivity index is 1.43. The van der Waals surface area contributed by atoms with E-state index in [0.29, 0.717) is 13.2 Å². The number of urea groups is 1. The van der Waals surface area contributed by atoms with Crippen LogP contribution in [-0.4, -0.2) is 29.9 Å². The molecule has 4 fully saturated rings. The molecular formula is C21H27N3O2S. The lowest BCUT2D eigenvalue weighted by molar-refractivity contribution is -0.0130. The molecule has 1 aromatic heterocycles. The molecule has 4 aliphatic carbocycles. The van der Waals surface area contributed by atoms with Gasteiger partial charge in [-0.2, -0.15) is 4.99 Å². The van der Waals surface area contributed by atoms with Gasteiger partial charge in [0.2, 0.25) is 0 Å². The van der Waals surface area contributed by atoms with Crippen molar-refractivity contribution in [2.75, 3.05) is 13.7 Å². The molecular weight excluding hydrogens is 358 g/mol. The van der Waals surface area contributed by atoms with Crippen molar-refractivity contribution in [2.45, 2.75) is 50.6 Å². The number of thiazole rings is 1. The maximum absolute atomic E-state index is 12.9. The Morgan fingerprint density at radius 2 is 1.89 bits per heavy atom. The highest BCUT2D eigenvalue weighted by atomic mass is 32.1. The van der Waals surface area contributed by atoms with Crippen LogP contribution in [0.2, 0.25) is 0 Å². The number of amides is 2. The minimum atomic E-state index is -0.172. The van der Waals surface area contributed by atoms with Gasteiger partial charge in [-0.25, -0.2) is 4.79 Å². The van der Waals surface area contributed by atoms with Crippen molar-refractivity contribution >= 4 is 27.6 Å². The number of rotatable bonds is 4. The third kappa shape index (κ3) is 3.23. The number of ether oxygens (including phenoxy) is 1. The molecule has 1 N–H and O–H groups in total. The maximum atomic E-state index is 12.9. The van der Waals surface area contributed by atoms with Gasteiger partial charge < -0.3 is 14.6 Å². The Morgan fingerprint density at radius 3 is 2.56 bits per heavy atom. The number of nitrogens with zero attached hydrogens (tertiary/aromatic N) is 2. The average molecular weight is 386 g/mol. The molecule has 27 heavy (non-hydrogen) atoms. The van der Waals surface area contributed by atoms with Gasteiger partial charge in [0.1, 0.15) is 0 Å². The lowest BCUT2D eigenvalue weighted by Crippen LogP contribution is -2.59. The van der Waals surface area contributed by atoms with E-state index in [-0.39, 0.29) is 11.6 Å². The van der Waals surface area contributed by atoms with E-state index in [1.807, 2.05) is 12.1 Å². The number of carbonyl (C=O) groups is 1. The monoisotopic (exact) mass is 385 g/mol. The van der Waals surface area contributed by atoms with Gasteiger partial charge in [0.15, 0.2) is 4.80 Å². The van der Waals surface area contributed by atoms with Crippen LogP contribution in [0.4, 0.5) is 4.79 Å². The summed E-state index contributed by atoms with van der Waals surface area (Å²) in [5.74, 6) is 2.44. The molecule has 5 nitrogen and oxygen atoms in total. The highest BCUT2D eigenvalue weighted by Gasteiger charge is 2.51. The van der Waals surface area contributed by atoms with E-state index in [1.54, 1.807) is 18.4 Å². The van der Waals surface area contributed by atoms with E-state index in [2.05, 4.69) is 27.0 Å². The predicted octanol–water partition coefficient (Wildman–Crippen LogP) is 3.93. The van der Waals surface area contributed by atoms with Crippen LogP contribution < -0.4 is 10.1 Å². The lowest BCUT2D eigenvalue weighted by Gasteiger charge is -2.56. The fourth-order valence-electron chi connectivity index (χ4n) is 6.11. The fraction of sp³-hybridized carbons (Fsp3) is 0.619. The van der Waals surface area contributed by atoms with Gasteiger partial charge in [0, 0.05) is 19.2 Å². The number of fused-ring (bicyclic) bond motifs is 1. The van der Waals surface area contributed by atoms with E-state index < -0.39 is 0 Å². The molecule has 4 aliphatic rings. The van der Waals surface area contributed by atoms with Crippen molar-refractivity contribution in [2.24, 2.45) is 22.7 Å². The second-order valence-electron chi connectivity index (χ2n) is 8.74. The minimum absolute atomic E-state index is 0.00335. The summed E-state index contributed by atoms with van der Waals surface area (Å²) < 4.78 is 8.50. The third-order valence-corrected chi connectivity index (χ3v) is 7.77. The van der Waals surface area contributed by atoms with Gasteiger partial charge >= 0.3 is 6.03 Å². The standard InChI is InChI=1S/C21H27N3O2S/c1-26-7-6-24-17-4-2-3-5-18(17)27-20(24)22-19(25)23-21-11-14-8-15(12-21)10-16(9-14)13-21/h2-5,14-16H,6-13H2,1H3,(H,23,25). The first kappa shape index (κ1) is 17.4. The molecule has 144 valence electrons. The number of aromatic nitrogens is 1. The smallest absolute Gasteiger partial charge is 0.344 e. The summed E-state index contributed by atoms with van der Waals surface area (Å²) in [6, 6.07) is 8.04. The molecule has 0 aliphatic heterocycles. The van der Waals surface area contributed by atoms with E-state index in [1.165, 1.54) is 19.3 Å². The molecule has 1 heterocycles. The summed E-state index contributed by atoms with van der Waals surface area (Å²) in [5.41, 5.74) is 1.12. The van der Waals surface area contributed by atoms with E-state index in [4.69, 9.17) is 4.74 Å². The summed E-state index contributed by atoms with van der Waals surface area (Å²) in [6.45, 7) is 1.30. The van der Waals surface area contributed by atoms with Crippen molar-refractivity contribution in [1.29, 1.82) is 0 Å². The van der Waals surface area contributed by atoms with E-state index in [0.717, 1.165) is 52.0 Å². The highest BCUT2D eigenvalue weighted by Crippen LogP contribution is 2.55. The first-order valence-corrected chi connectivity index (χ1v) is 10.9. The Bertz CT molecular complexity index is 894. The quantitative estimate of drug-likeness (QED) is 0.867. The fourth-order valence-corrected chi connectivity index (χ4v) is 7.16. The summed E-state index contributed by atoms with van der Waals surface area (Å²) >= 11 is 1.57. The number of hydrogen-bond acceptors (Lipinski definition) is 3. The van der Waals surface area contributed by atoms with Gasteiger partial charge in [0.05, 0.1) is 16.8 Å². The van der Waals surface area contributed by atoms with E-state index >= 15 is 0 Å². The van der Waals surface area contributed by atoms with Crippen LogP contribution in [-0.2, 0) is 11.3 Å². The van der Waals surface area contributed by atoms with Gasteiger partial charge in [-0.05, 0) is 68.4 Å². The third-order valence-electron chi connectivity index (χ3n) is 6.71. The average Bonchev–Trinajstić information content (AvgIpc) is 2.95. The molecule has 4 saturated carbocycles. The second-order valence-corrected chi connectivity index (χ2v) is 9.75. The van der Waals surface area contributed by atoms with Gasteiger partial charge in [-0.15, -0.1) is 0 Å². The first-order chi connectivity index (χ1) is 13.1. The Hall–Kier alpha value is -1.66. The number of carbonyl (C=O) groups excluding carboxylic acids is 1. The van der Waals surface area contributed by atoms with Crippen molar-refractivity contribution in [3.05, 3.63) is 29.1 Å². The van der Waals surface area contributed by atoms with E-state index in [9.17, 15) is 4.79 Å². The largest absolute Gasteiger partial charge is 0.383 e. The van der Waals surface area contributed by atoms with Crippen LogP contribution in [0.15, 0.2) is 29.3 Å². The highest BCUT2D eigenvalue weighted by molar-refractivity contribution is 7.16. The van der Waals surface area contributed by atoms with Crippen LogP contribution in [0.25, 0.3) is 10.2 Å². The van der Waals surface area contributed by atoms with Crippen molar-refractivity contribution < 1.29 is 9.53 Å². The molecule has 4 bridgehead atoms. The number of hydrogen-bond donors (Lipinski definition) is 1. The zero-order valence-corrected chi connectivity index (χ0v) is 16.6. The van der Waals surface area contributed by atoms with Gasteiger partial charge in [0.25, 0.3) is 0 Å².